The van der Waals surface area contributed by atoms with Crippen molar-refractivity contribution < 1.29 is 4.79 Å². The predicted octanol–water partition coefficient (Wildman–Crippen LogP) is 2.84. The first kappa shape index (κ1) is 15.5. The van der Waals surface area contributed by atoms with E-state index >= 15 is 0 Å². The van der Waals surface area contributed by atoms with Gasteiger partial charge in [-0.05, 0) is 30.2 Å². The fraction of sp³-hybridized carbons (Fsp3) is 0.333. The second-order valence-corrected chi connectivity index (χ2v) is 5.42. The summed E-state index contributed by atoms with van der Waals surface area (Å²) in [4.78, 5) is 12.0. The lowest BCUT2D eigenvalue weighted by Gasteiger charge is -2.18. The van der Waals surface area contributed by atoms with Crippen molar-refractivity contribution in [3.63, 3.8) is 0 Å². The molecule has 2 aromatic rings. The molecule has 0 saturated carbocycles. The highest BCUT2D eigenvalue weighted by Crippen LogP contribution is 2.24. The summed E-state index contributed by atoms with van der Waals surface area (Å²) in [5.41, 5.74) is 7.29. The van der Waals surface area contributed by atoms with E-state index < -0.39 is 6.04 Å². The molecule has 0 saturated heterocycles. The topological polar surface area (TPSA) is 72.9 Å². The van der Waals surface area contributed by atoms with E-state index in [2.05, 4.69) is 10.4 Å². The number of anilines is 1. The smallest absolute Gasteiger partial charge is 0.241 e. The van der Waals surface area contributed by atoms with Crippen molar-refractivity contribution in [2.45, 2.75) is 26.3 Å². The molecule has 2 atom stereocenters. The molecule has 0 radical (unpaired) electrons. The van der Waals surface area contributed by atoms with Gasteiger partial charge in [0.1, 0.15) is 0 Å². The monoisotopic (exact) mass is 306 g/mol. The zero-order chi connectivity index (χ0) is 15.4. The molecular weight excluding hydrogens is 288 g/mol. The summed E-state index contributed by atoms with van der Waals surface area (Å²) in [6.45, 7) is 3.96. The molecule has 0 bridgehead atoms. The van der Waals surface area contributed by atoms with Gasteiger partial charge in [-0.1, -0.05) is 31.9 Å². The second-order valence-electron chi connectivity index (χ2n) is 5.02. The van der Waals surface area contributed by atoms with Crippen LogP contribution < -0.4 is 11.1 Å². The van der Waals surface area contributed by atoms with E-state index in [1.807, 2.05) is 19.9 Å². The minimum Gasteiger partial charge on any atom is -0.325 e. The van der Waals surface area contributed by atoms with Crippen molar-refractivity contribution in [1.82, 2.24) is 9.78 Å². The largest absolute Gasteiger partial charge is 0.325 e. The third kappa shape index (κ3) is 3.62. The molecule has 1 amide bonds. The van der Waals surface area contributed by atoms with Crippen molar-refractivity contribution in [2.75, 3.05) is 5.32 Å². The first-order valence-electron chi connectivity index (χ1n) is 6.89. The van der Waals surface area contributed by atoms with Crippen LogP contribution in [0.3, 0.4) is 0 Å². The zero-order valence-electron chi connectivity index (χ0n) is 12.1. The number of carbonyl (C=O) groups is 1. The van der Waals surface area contributed by atoms with Crippen molar-refractivity contribution in [2.24, 2.45) is 11.7 Å². The van der Waals surface area contributed by atoms with E-state index in [1.165, 1.54) is 0 Å². The fourth-order valence-electron chi connectivity index (χ4n) is 1.92. The number of carbonyl (C=O) groups excluding carboxylic acids is 1. The Balaban J connectivity index is 2.12. The lowest BCUT2D eigenvalue weighted by molar-refractivity contribution is -0.118. The summed E-state index contributed by atoms with van der Waals surface area (Å²) < 4.78 is 1.67. The second kappa shape index (κ2) is 6.74. The number of benzene rings is 1. The molecule has 0 aliphatic heterocycles. The quantitative estimate of drug-likeness (QED) is 0.892. The number of nitrogens with two attached hydrogens (primary N) is 1. The molecule has 0 spiro atoms. The molecule has 2 unspecified atom stereocenters. The van der Waals surface area contributed by atoms with E-state index in [-0.39, 0.29) is 11.8 Å². The van der Waals surface area contributed by atoms with Crippen LogP contribution in [-0.4, -0.2) is 21.7 Å². The summed E-state index contributed by atoms with van der Waals surface area (Å²) in [7, 11) is 0. The minimum absolute atomic E-state index is 0.129. The summed E-state index contributed by atoms with van der Waals surface area (Å²) in [5, 5.41) is 7.43. The number of amides is 1. The number of rotatable bonds is 5. The number of nitrogens with one attached hydrogen (secondary N) is 1. The molecule has 6 heteroatoms. The summed E-state index contributed by atoms with van der Waals surface area (Å²) >= 11 is 6.23. The van der Waals surface area contributed by atoms with E-state index in [4.69, 9.17) is 17.3 Å². The molecule has 1 aromatic heterocycles. The minimum atomic E-state index is -0.528. The van der Waals surface area contributed by atoms with Crippen LogP contribution in [-0.2, 0) is 4.79 Å². The molecule has 112 valence electrons. The molecule has 0 fully saturated rings. The zero-order valence-corrected chi connectivity index (χ0v) is 12.8. The molecule has 3 N–H and O–H groups in total. The Hall–Kier alpha value is -1.85. The maximum Gasteiger partial charge on any atom is 0.241 e. The van der Waals surface area contributed by atoms with E-state index in [1.54, 1.807) is 35.3 Å². The van der Waals surface area contributed by atoms with Gasteiger partial charge in [0.2, 0.25) is 5.91 Å². The van der Waals surface area contributed by atoms with Gasteiger partial charge >= 0.3 is 0 Å². The summed E-state index contributed by atoms with van der Waals surface area (Å²) in [5.74, 6) is -0.0731. The summed E-state index contributed by atoms with van der Waals surface area (Å²) in [6.07, 6.45) is 4.34. The van der Waals surface area contributed by atoms with Gasteiger partial charge in [-0.25, -0.2) is 4.68 Å². The Morgan fingerprint density at radius 2 is 2.29 bits per heavy atom. The van der Waals surface area contributed by atoms with Crippen LogP contribution in [0.2, 0.25) is 5.02 Å². The van der Waals surface area contributed by atoms with Gasteiger partial charge in [0, 0.05) is 18.1 Å². The van der Waals surface area contributed by atoms with Gasteiger partial charge in [-0.15, -0.1) is 0 Å². The standard InChI is InChI=1S/C15H19ClN4O/c1-3-10(2)14(17)15(21)19-11-5-6-13(12(16)9-11)20-8-4-7-18-20/h4-10,14H,3,17H2,1-2H3,(H,19,21). The molecule has 0 aliphatic carbocycles. The molecule has 1 aromatic carbocycles. The van der Waals surface area contributed by atoms with Gasteiger partial charge in [-0.2, -0.15) is 5.10 Å². The first-order chi connectivity index (χ1) is 10.0. The Kier molecular flexibility index (Phi) is 4.98. The highest BCUT2D eigenvalue weighted by atomic mass is 35.5. The molecule has 5 nitrogen and oxygen atoms in total. The third-order valence-corrected chi connectivity index (χ3v) is 3.83. The maximum absolute atomic E-state index is 12.0. The highest BCUT2D eigenvalue weighted by Gasteiger charge is 2.19. The molecule has 1 heterocycles. The summed E-state index contributed by atoms with van der Waals surface area (Å²) in [6, 6.07) is 6.57. The van der Waals surface area contributed by atoms with Gasteiger partial charge in [0.25, 0.3) is 0 Å². The third-order valence-electron chi connectivity index (χ3n) is 3.53. The Morgan fingerprint density at radius 3 is 2.86 bits per heavy atom. The lowest BCUT2D eigenvalue weighted by atomic mass is 9.99. The van der Waals surface area contributed by atoms with Gasteiger partial charge in [0.05, 0.1) is 16.8 Å². The van der Waals surface area contributed by atoms with Gasteiger partial charge in [-0.3, -0.25) is 4.79 Å². The van der Waals surface area contributed by atoms with E-state index in [0.717, 1.165) is 12.1 Å². The number of halogens is 1. The van der Waals surface area contributed by atoms with E-state index in [0.29, 0.717) is 10.7 Å². The Morgan fingerprint density at radius 1 is 1.52 bits per heavy atom. The fourth-order valence-corrected chi connectivity index (χ4v) is 2.19. The van der Waals surface area contributed by atoms with Crippen LogP contribution in [0.15, 0.2) is 36.7 Å². The molecule has 2 rings (SSSR count). The Labute approximate surface area is 129 Å². The van der Waals surface area contributed by atoms with Crippen molar-refractivity contribution >= 4 is 23.2 Å². The lowest BCUT2D eigenvalue weighted by Crippen LogP contribution is -2.40. The average Bonchev–Trinajstić information content (AvgIpc) is 2.99. The molecule has 21 heavy (non-hydrogen) atoms. The van der Waals surface area contributed by atoms with Crippen LogP contribution in [0.4, 0.5) is 5.69 Å². The van der Waals surface area contributed by atoms with Crippen molar-refractivity contribution in [1.29, 1.82) is 0 Å². The van der Waals surface area contributed by atoms with Crippen LogP contribution >= 0.6 is 11.6 Å². The number of hydrogen-bond donors (Lipinski definition) is 2. The average molecular weight is 307 g/mol. The number of aromatic nitrogens is 2. The van der Waals surface area contributed by atoms with Crippen molar-refractivity contribution in [3.8, 4) is 5.69 Å². The SMILES string of the molecule is CCC(C)C(N)C(=O)Nc1ccc(-n2cccn2)c(Cl)c1. The van der Waals surface area contributed by atoms with Crippen LogP contribution in [0.5, 0.6) is 0 Å². The van der Waals surface area contributed by atoms with Crippen LogP contribution in [0, 0.1) is 5.92 Å². The highest BCUT2D eigenvalue weighted by molar-refractivity contribution is 6.32. The van der Waals surface area contributed by atoms with Crippen LogP contribution in [0.25, 0.3) is 5.69 Å². The Bertz CT molecular complexity index is 612. The molecular formula is C15H19ClN4O. The van der Waals surface area contributed by atoms with Gasteiger partial charge < -0.3 is 11.1 Å². The van der Waals surface area contributed by atoms with Crippen molar-refractivity contribution in [3.05, 3.63) is 41.7 Å². The molecule has 0 aliphatic rings. The normalized spacial score (nSPS) is 13.7. The maximum atomic E-state index is 12.0. The number of nitrogens with zero attached hydrogens (tertiary/aromatic N) is 2. The predicted molar refractivity (Wildman–Crippen MR) is 84.6 cm³/mol. The number of hydrogen-bond acceptors (Lipinski definition) is 3. The first-order valence-corrected chi connectivity index (χ1v) is 7.26. The van der Waals surface area contributed by atoms with E-state index in [9.17, 15) is 4.79 Å². The van der Waals surface area contributed by atoms with Gasteiger partial charge in [0.15, 0.2) is 0 Å². The van der Waals surface area contributed by atoms with Crippen LogP contribution in [0.1, 0.15) is 20.3 Å².